The third-order valence-electron chi connectivity index (χ3n) is 4.00. The minimum absolute atomic E-state index is 0.0809. The van der Waals surface area contributed by atoms with E-state index in [-0.39, 0.29) is 5.91 Å². The predicted octanol–water partition coefficient (Wildman–Crippen LogP) is 2.99. The number of carbonyl (C=O) groups is 1. The summed E-state index contributed by atoms with van der Waals surface area (Å²) in [5.41, 5.74) is 2.61. The standard InChI is InChI=1S/C18H21N3O4S/c1-12-19-15(11-26-12)17-14-10-13(4-5-16(14)25-20-17)18(22)21(6-8-23-2)7-9-24-3/h4-5,10-11H,6-9H2,1-3H3. The van der Waals surface area contributed by atoms with Crippen LogP contribution in [-0.2, 0) is 9.47 Å². The van der Waals surface area contributed by atoms with Crippen molar-refractivity contribution in [2.45, 2.75) is 6.92 Å². The molecule has 1 aromatic carbocycles. The van der Waals surface area contributed by atoms with Gasteiger partial charge in [-0.15, -0.1) is 11.3 Å². The molecule has 0 N–H and O–H groups in total. The minimum Gasteiger partial charge on any atom is -0.383 e. The van der Waals surface area contributed by atoms with Gasteiger partial charge in [-0.25, -0.2) is 4.98 Å². The van der Waals surface area contributed by atoms with Crippen LogP contribution in [0.25, 0.3) is 22.4 Å². The van der Waals surface area contributed by atoms with Crippen molar-refractivity contribution >= 4 is 28.2 Å². The quantitative estimate of drug-likeness (QED) is 0.602. The number of aromatic nitrogens is 2. The highest BCUT2D eigenvalue weighted by atomic mass is 32.1. The predicted molar refractivity (Wildman–Crippen MR) is 99.5 cm³/mol. The number of aryl methyl sites for hydroxylation is 1. The van der Waals surface area contributed by atoms with Gasteiger partial charge in [-0.1, -0.05) is 5.16 Å². The molecule has 0 fully saturated rings. The van der Waals surface area contributed by atoms with Crippen molar-refractivity contribution in [1.82, 2.24) is 15.0 Å². The molecular formula is C18H21N3O4S. The van der Waals surface area contributed by atoms with E-state index in [1.54, 1.807) is 42.6 Å². The van der Waals surface area contributed by atoms with Gasteiger partial charge in [-0.05, 0) is 25.1 Å². The maximum atomic E-state index is 12.9. The molecule has 26 heavy (non-hydrogen) atoms. The fourth-order valence-corrected chi connectivity index (χ4v) is 3.23. The summed E-state index contributed by atoms with van der Waals surface area (Å²) in [6.45, 7) is 3.87. The molecule has 0 aliphatic heterocycles. The molecular weight excluding hydrogens is 354 g/mol. The van der Waals surface area contributed by atoms with Gasteiger partial charge in [0.25, 0.3) is 5.91 Å². The zero-order valence-electron chi connectivity index (χ0n) is 15.0. The smallest absolute Gasteiger partial charge is 0.254 e. The Morgan fingerprint density at radius 1 is 1.23 bits per heavy atom. The number of thiazole rings is 1. The number of benzene rings is 1. The Labute approximate surface area is 155 Å². The third kappa shape index (κ3) is 3.92. The van der Waals surface area contributed by atoms with Crippen molar-refractivity contribution in [2.24, 2.45) is 0 Å². The van der Waals surface area contributed by atoms with E-state index < -0.39 is 0 Å². The SMILES string of the molecule is COCCN(CCOC)C(=O)c1ccc2onc(-c3csc(C)n3)c2c1. The highest BCUT2D eigenvalue weighted by Crippen LogP contribution is 2.29. The van der Waals surface area contributed by atoms with Gasteiger partial charge in [0.05, 0.1) is 23.6 Å². The second kappa shape index (κ2) is 8.39. The van der Waals surface area contributed by atoms with E-state index >= 15 is 0 Å². The molecule has 0 aliphatic carbocycles. The molecule has 0 bridgehead atoms. The van der Waals surface area contributed by atoms with Gasteiger partial charge >= 0.3 is 0 Å². The van der Waals surface area contributed by atoms with Crippen molar-refractivity contribution in [1.29, 1.82) is 0 Å². The Hall–Kier alpha value is -2.29. The van der Waals surface area contributed by atoms with Gasteiger partial charge in [-0.3, -0.25) is 4.79 Å². The van der Waals surface area contributed by atoms with Gasteiger partial charge in [-0.2, -0.15) is 0 Å². The van der Waals surface area contributed by atoms with E-state index in [1.807, 2.05) is 18.4 Å². The summed E-state index contributed by atoms with van der Waals surface area (Å²) in [4.78, 5) is 19.1. The maximum absolute atomic E-state index is 12.9. The normalized spacial score (nSPS) is 11.2. The maximum Gasteiger partial charge on any atom is 0.254 e. The molecule has 1 amide bonds. The first-order chi connectivity index (χ1) is 12.6. The minimum atomic E-state index is -0.0809. The molecule has 0 atom stereocenters. The van der Waals surface area contributed by atoms with E-state index in [2.05, 4.69) is 10.1 Å². The molecule has 0 aliphatic rings. The number of carbonyl (C=O) groups excluding carboxylic acids is 1. The molecule has 2 heterocycles. The Kier molecular flexibility index (Phi) is 5.97. The lowest BCUT2D eigenvalue weighted by Crippen LogP contribution is -2.36. The Balaban J connectivity index is 1.92. The zero-order chi connectivity index (χ0) is 18.5. The van der Waals surface area contributed by atoms with Crippen LogP contribution >= 0.6 is 11.3 Å². The van der Waals surface area contributed by atoms with Crippen molar-refractivity contribution in [3.05, 3.63) is 34.2 Å². The topological polar surface area (TPSA) is 77.7 Å². The van der Waals surface area contributed by atoms with Crippen LogP contribution in [0.15, 0.2) is 28.1 Å². The van der Waals surface area contributed by atoms with Crippen molar-refractivity contribution in [3.8, 4) is 11.4 Å². The lowest BCUT2D eigenvalue weighted by molar-refractivity contribution is 0.0627. The molecule has 3 rings (SSSR count). The summed E-state index contributed by atoms with van der Waals surface area (Å²) in [6, 6.07) is 5.33. The molecule has 8 heteroatoms. The summed E-state index contributed by atoms with van der Waals surface area (Å²) >= 11 is 1.55. The largest absolute Gasteiger partial charge is 0.383 e. The summed E-state index contributed by atoms with van der Waals surface area (Å²) < 4.78 is 15.6. The van der Waals surface area contributed by atoms with Crippen LogP contribution in [0.2, 0.25) is 0 Å². The number of hydrogen-bond acceptors (Lipinski definition) is 7. The lowest BCUT2D eigenvalue weighted by atomic mass is 10.1. The van der Waals surface area contributed by atoms with Crippen LogP contribution in [0.5, 0.6) is 0 Å². The number of rotatable bonds is 8. The van der Waals surface area contributed by atoms with E-state index in [0.717, 1.165) is 16.1 Å². The van der Waals surface area contributed by atoms with Gasteiger partial charge in [0, 0.05) is 38.3 Å². The van der Waals surface area contributed by atoms with E-state index in [9.17, 15) is 4.79 Å². The summed E-state index contributed by atoms with van der Waals surface area (Å²) in [6.07, 6.45) is 0. The van der Waals surface area contributed by atoms with E-state index in [0.29, 0.717) is 43.1 Å². The van der Waals surface area contributed by atoms with Crippen LogP contribution in [0.4, 0.5) is 0 Å². The molecule has 0 saturated carbocycles. The number of amides is 1. The molecule has 7 nitrogen and oxygen atoms in total. The fourth-order valence-electron chi connectivity index (χ4n) is 2.63. The first kappa shape index (κ1) is 18.5. The average molecular weight is 375 g/mol. The molecule has 3 aromatic rings. The van der Waals surface area contributed by atoms with Crippen molar-refractivity contribution < 1.29 is 18.8 Å². The lowest BCUT2D eigenvalue weighted by Gasteiger charge is -2.22. The zero-order valence-corrected chi connectivity index (χ0v) is 15.8. The molecule has 2 aromatic heterocycles. The molecule has 138 valence electrons. The highest BCUT2D eigenvalue weighted by molar-refractivity contribution is 7.09. The van der Waals surface area contributed by atoms with Gasteiger partial charge < -0.3 is 18.9 Å². The Bertz CT molecular complexity index is 882. The van der Waals surface area contributed by atoms with Crippen molar-refractivity contribution in [2.75, 3.05) is 40.5 Å². The number of fused-ring (bicyclic) bond motifs is 1. The second-order valence-electron chi connectivity index (χ2n) is 5.77. The summed E-state index contributed by atoms with van der Waals surface area (Å²) in [5.74, 6) is -0.0809. The van der Waals surface area contributed by atoms with Gasteiger partial charge in [0.1, 0.15) is 11.4 Å². The number of ether oxygens (including phenoxy) is 2. The Morgan fingerprint density at radius 2 is 1.96 bits per heavy atom. The van der Waals surface area contributed by atoms with E-state index in [1.165, 1.54) is 0 Å². The van der Waals surface area contributed by atoms with Crippen LogP contribution in [0, 0.1) is 6.92 Å². The number of hydrogen-bond donors (Lipinski definition) is 0. The van der Waals surface area contributed by atoms with Crippen LogP contribution in [0.3, 0.4) is 0 Å². The number of methoxy groups -OCH3 is 2. The first-order valence-electron chi connectivity index (χ1n) is 8.23. The second-order valence-corrected chi connectivity index (χ2v) is 6.83. The average Bonchev–Trinajstić information content (AvgIpc) is 3.26. The van der Waals surface area contributed by atoms with E-state index in [4.69, 9.17) is 14.0 Å². The van der Waals surface area contributed by atoms with Crippen LogP contribution in [-0.4, -0.2) is 61.5 Å². The van der Waals surface area contributed by atoms with Crippen molar-refractivity contribution in [3.63, 3.8) is 0 Å². The van der Waals surface area contributed by atoms with Crippen LogP contribution < -0.4 is 0 Å². The summed E-state index contributed by atoms with van der Waals surface area (Å²) in [7, 11) is 3.23. The molecule has 0 unspecified atom stereocenters. The highest BCUT2D eigenvalue weighted by Gasteiger charge is 2.19. The molecule has 0 saturated heterocycles. The van der Waals surface area contributed by atoms with Crippen LogP contribution in [0.1, 0.15) is 15.4 Å². The third-order valence-corrected chi connectivity index (χ3v) is 4.77. The molecule has 0 radical (unpaired) electrons. The number of nitrogens with zero attached hydrogens (tertiary/aromatic N) is 3. The monoisotopic (exact) mass is 375 g/mol. The Morgan fingerprint density at radius 3 is 2.58 bits per heavy atom. The van der Waals surface area contributed by atoms with Gasteiger partial charge in [0.2, 0.25) is 0 Å². The molecule has 0 spiro atoms. The fraction of sp³-hybridized carbons (Fsp3) is 0.389. The summed E-state index contributed by atoms with van der Waals surface area (Å²) in [5, 5.41) is 7.79. The first-order valence-corrected chi connectivity index (χ1v) is 9.11. The van der Waals surface area contributed by atoms with Gasteiger partial charge in [0.15, 0.2) is 5.58 Å².